The number of thiocarbonyl (C=S) groups is 1. The van der Waals surface area contributed by atoms with E-state index in [0.29, 0.717) is 5.02 Å². The van der Waals surface area contributed by atoms with Crippen LogP contribution in [-0.4, -0.2) is 20.9 Å². The predicted molar refractivity (Wildman–Crippen MR) is 60.0 cm³/mol. The maximum atomic E-state index is 9.07. The topological polar surface area (TPSA) is 33.1 Å². The van der Waals surface area contributed by atoms with Crippen molar-refractivity contribution in [2.45, 2.75) is 11.9 Å². The van der Waals surface area contributed by atoms with Gasteiger partial charge in [0.15, 0.2) is 0 Å². The monoisotopic (exact) mass is 233 g/mol. The molecule has 0 fully saturated rings. The van der Waals surface area contributed by atoms with Crippen LogP contribution in [0.15, 0.2) is 17.2 Å². The summed E-state index contributed by atoms with van der Waals surface area (Å²) in [4.78, 5) is 4.10. The number of aliphatic hydroxyl groups is 1. The van der Waals surface area contributed by atoms with Gasteiger partial charge in [-0.25, -0.2) is 4.98 Å². The Bertz CT molecular complexity index is 330. The van der Waals surface area contributed by atoms with E-state index in [1.807, 2.05) is 6.92 Å². The average molecular weight is 234 g/mol. The molecule has 0 aromatic carbocycles. The van der Waals surface area contributed by atoms with Crippen molar-refractivity contribution in [2.75, 3.05) is 5.75 Å². The van der Waals surface area contributed by atoms with Crippen molar-refractivity contribution in [2.24, 2.45) is 0 Å². The molecule has 1 aromatic heterocycles. The van der Waals surface area contributed by atoms with Crippen LogP contribution in [0.25, 0.3) is 0 Å². The normalized spacial score (nSPS) is 10.0. The van der Waals surface area contributed by atoms with E-state index < -0.39 is 0 Å². The highest BCUT2D eigenvalue weighted by atomic mass is 35.5. The summed E-state index contributed by atoms with van der Waals surface area (Å²) in [6.45, 7) is 2.03. The lowest BCUT2D eigenvalue weighted by molar-refractivity contribution is 0.567. The molecule has 1 aromatic rings. The third kappa shape index (κ3) is 2.83. The van der Waals surface area contributed by atoms with Gasteiger partial charge in [-0.1, -0.05) is 18.5 Å². The Hall–Kier alpha value is -0.320. The molecule has 70 valence electrons. The lowest BCUT2D eigenvalue weighted by Gasteiger charge is -2.02. The van der Waals surface area contributed by atoms with Crippen molar-refractivity contribution >= 4 is 40.6 Å². The van der Waals surface area contributed by atoms with E-state index in [4.69, 9.17) is 16.7 Å². The van der Waals surface area contributed by atoms with Crippen molar-refractivity contribution in [1.29, 1.82) is 0 Å². The zero-order valence-electron chi connectivity index (χ0n) is 6.95. The standard InChI is InChI=1S/C8H8ClNOS2/c1-2-13-6-4-3-5(9)7(10-6)8(11)12/h3-4H,2H2,1H3,(H,11,12). The molecule has 0 aliphatic carbocycles. The summed E-state index contributed by atoms with van der Waals surface area (Å²) in [6.07, 6.45) is 0. The minimum absolute atomic E-state index is 0.261. The van der Waals surface area contributed by atoms with E-state index >= 15 is 0 Å². The van der Waals surface area contributed by atoms with Crippen molar-refractivity contribution in [3.05, 3.63) is 22.8 Å². The molecular formula is C8H8ClNOS2. The van der Waals surface area contributed by atoms with Crippen LogP contribution in [0.2, 0.25) is 5.02 Å². The van der Waals surface area contributed by atoms with Crippen molar-refractivity contribution in [3.63, 3.8) is 0 Å². The second-order valence-corrected chi connectivity index (χ2v) is 4.30. The minimum atomic E-state index is -0.261. The molecule has 1 N–H and O–H groups in total. The van der Waals surface area contributed by atoms with Gasteiger partial charge in [0.05, 0.1) is 10.0 Å². The summed E-state index contributed by atoms with van der Waals surface area (Å²) in [6, 6.07) is 3.49. The van der Waals surface area contributed by atoms with Crippen LogP contribution in [0.4, 0.5) is 0 Å². The van der Waals surface area contributed by atoms with E-state index in [1.54, 1.807) is 23.9 Å². The van der Waals surface area contributed by atoms with Gasteiger partial charge in [-0.05, 0) is 30.1 Å². The molecule has 0 bridgehead atoms. The van der Waals surface area contributed by atoms with Crippen LogP contribution in [0.1, 0.15) is 12.6 Å². The SMILES string of the molecule is CCSc1ccc(Cl)c(C(O)=S)n1. The summed E-state index contributed by atoms with van der Waals surface area (Å²) in [7, 11) is 0. The van der Waals surface area contributed by atoms with E-state index in [2.05, 4.69) is 17.2 Å². The van der Waals surface area contributed by atoms with Crippen molar-refractivity contribution in [1.82, 2.24) is 4.98 Å². The summed E-state index contributed by atoms with van der Waals surface area (Å²) in [5.74, 6) is 0.923. The van der Waals surface area contributed by atoms with Gasteiger partial charge in [0.2, 0.25) is 5.05 Å². The second-order valence-electron chi connectivity index (χ2n) is 2.22. The van der Waals surface area contributed by atoms with Crippen LogP contribution in [0.5, 0.6) is 0 Å². The highest BCUT2D eigenvalue weighted by Gasteiger charge is 2.07. The van der Waals surface area contributed by atoms with Crippen molar-refractivity contribution in [3.8, 4) is 0 Å². The third-order valence-electron chi connectivity index (χ3n) is 1.32. The Balaban J connectivity index is 3.04. The molecular weight excluding hydrogens is 226 g/mol. The molecule has 0 spiro atoms. The number of halogens is 1. The molecule has 0 saturated heterocycles. The van der Waals surface area contributed by atoms with E-state index in [0.717, 1.165) is 10.8 Å². The predicted octanol–water partition coefficient (Wildman–Crippen LogP) is 3.08. The fourth-order valence-corrected chi connectivity index (χ4v) is 1.82. The lowest BCUT2D eigenvalue weighted by atomic mass is 10.4. The highest BCUT2D eigenvalue weighted by Crippen LogP contribution is 2.20. The molecule has 1 heterocycles. The molecule has 0 amide bonds. The van der Waals surface area contributed by atoms with Gasteiger partial charge in [-0.2, -0.15) is 0 Å². The van der Waals surface area contributed by atoms with Gasteiger partial charge >= 0.3 is 0 Å². The van der Waals surface area contributed by atoms with Gasteiger partial charge in [0, 0.05) is 0 Å². The van der Waals surface area contributed by atoms with Crippen LogP contribution in [-0.2, 0) is 0 Å². The summed E-state index contributed by atoms with van der Waals surface area (Å²) >= 11 is 11.9. The first kappa shape index (κ1) is 10.8. The summed E-state index contributed by atoms with van der Waals surface area (Å²) < 4.78 is 0. The fourth-order valence-electron chi connectivity index (χ4n) is 0.802. The molecule has 0 aliphatic heterocycles. The summed E-state index contributed by atoms with van der Waals surface area (Å²) in [5.41, 5.74) is 0.287. The quantitative estimate of drug-likeness (QED) is 0.643. The van der Waals surface area contributed by atoms with Gasteiger partial charge in [-0.3, -0.25) is 0 Å². The Labute approximate surface area is 91.3 Å². The van der Waals surface area contributed by atoms with E-state index in [1.165, 1.54) is 0 Å². The minimum Gasteiger partial charge on any atom is -0.497 e. The molecule has 0 radical (unpaired) electrons. The molecule has 5 heteroatoms. The van der Waals surface area contributed by atoms with Crippen LogP contribution < -0.4 is 0 Å². The van der Waals surface area contributed by atoms with Gasteiger partial charge in [-0.15, -0.1) is 11.8 Å². The Kier molecular flexibility index (Phi) is 3.96. The van der Waals surface area contributed by atoms with E-state index in [-0.39, 0.29) is 10.7 Å². The first-order chi connectivity index (χ1) is 6.15. The largest absolute Gasteiger partial charge is 0.497 e. The molecule has 13 heavy (non-hydrogen) atoms. The van der Waals surface area contributed by atoms with Crippen LogP contribution in [0, 0.1) is 0 Å². The highest BCUT2D eigenvalue weighted by molar-refractivity contribution is 7.99. The van der Waals surface area contributed by atoms with Gasteiger partial charge in [0.25, 0.3) is 0 Å². The maximum Gasteiger partial charge on any atom is 0.209 e. The summed E-state index contributed by atoms with van der Waals surface area (Å²) in [5, 5.41) is 10.0. The third-order valence-corrected chi connectivity index (χ3v) is 2.63. The Morgan fingerprint density at radius 2 is 2.38 bits per heavy atom. The number of hydrogen-bond donors (Lipinski definition) is 1. The Morgan fingerprint density at radius 1 is 1.69 bits per heavy atom. The molecule has 0 unspecified atom stereocenters. The van der Waals surface area contributed by atoms with E-state index in [9.17, 15) is 0 Å². The molecule has 2 nitrogen and oxygen atoms in total. The molecule has 0 saturated carbocycles. The number of thioether (sulfide) groups is 1. The van der Waals surface area contributed by atoms with Gasteiger partial charge in [0.1, 0.15) is 5.69 Å². The zero-order chi connectivity index (χ0) is 9.84. The zero-order valence-corrected chi connectivity index (χ0v) is 9.34. The Morgan fingerprint density at radius 3 is 2.92 bits per heavy atom. The fraction of sp³-hybridized carbons (Fsp3) is 0.250. The maximum absolute atomic E-state index is 9.07. The second kappa shape index (κ2) is 4.79. The van der Waals surface area contributed by atoms with Crippen molar-refractivity contribution < 1.29 is 5.11 Å². The first-order valence-corrected chi connectivity index (χ1v) is 5.45. The van der Waals surface area contributed by atoms with Crippen LogP contribution in [0.3, 0.4) is 0 Å². The number of aromatic nitrogens is 1. The molecule has 1 rings (SSSR count). The number of aliphatic hydroxyl groups excluding tert-OH is 1. The van der Waals surface area contributed by atoms with Gasteiger partial charge < -0.3 is 5.11 Å². The first-order valence-electron chi connectivity index (χ1n) is 3.67. The smallest absolute Gasteiger partial charge is 0.209 e. The number of pyridine rings is 1. The number of rotatable bonds is 3. The lowest BCUT2D eigenvalue weighted by Crippen LogP contribution is -2.00. The molecule has 0 atom stereocenters. The average Bonchev–Trinajstić information content (AvgIpc) is 2.08. The number of hydrogen-bond acceptors (Lipinski definition) is 3. The molecule has 0 aliphatic rings. The number of nitrogens with zero attached hydrogens (tertiary/aromatic N) is 1. The van der Waals surface area contributed by atoms with Crippen LogP contribution >= 0.6 is 35.6 Å².